The van der Waals surface area contributed by atoms with Crippen LogP contribution in [0.15, 0.2) is 22.0 Å². The van der Waals surface area contributed by atoms with Gasteiger partial charge in [0.15, 0.2) is 0 Å². The Labute approximate surface area is 138 Å². The monoisotopic (exact) mass is 332 g/mol. The molecule has 0 atom stereocenters. The minimum Gasteiger partial charge on any atom is -0.352 e. The molecule has 0 bridgehead atoms. The molecule has 1 aliphatic heterocycles. The Bertz CT molecular complexity index is 657. The van der Waals surface area contributed by atoms with E-state index in [2.05, 4.69) is 20.4 Å². The van der Waals surface area contributed by atoms with Gasteiger partial charge in [-0.2, -0.15) is 4.98 Å². The zero-order chi connectivity index (χ0) is 15.6. The molecule has 0 unspecified atom stereocenters. The quantitative estimate of drug-likeness (QED) is 0.909. The molecule has 7 heteroatoms. The summed E-state index contributed by atoms with van der Waals surface area (Å²) in [4.78, 5) is 19.6. The van der Waals surface area contributed by atoms with Gasteiger partial charge in [-0.1, -0.05) is 24.1 Å². The van der Waals surface area contributed by atoms with E-state index in [0.717, 1.165) is 30.8 Å². The molecule has 23 heavy (non-hydrogen) atoms. The van der Waals surface area contributed by atoms with E-state index in [0.29, 0.717) is 24.3 Å². The number of rotatable bonds is 5. The molecule has 1 aliphatic carbocycles. The summed E-state index contributed by atoms with van der Waals surface area (Å²) in [7, 11) is 0. The van der Waals surface area contributed by atoms with Crippen molar-refractivity contribution >= 4 is 17.2 Å². The molecule has 1 saturated heterocycles. The van der Waals surface area contributed by atoms with Crippen molar-refractivity contribution in [3.05, 3.63) is 23.4 Å². The number of carbonyl (C=O) groups is 1. The maximum atomic E-state index is 12.0. The number of carbonyl (C=O) groups excluding carboxylic acids is 1. The minimum atomic E-state index is 0.139. The molecule has 1 saturated carbocycles. The molecule has 0 spiro atoms. The summed E-state index contributed by atoms with van der Waals surface area (Å²) in [5.74, 6) is 1.73. The molecule has 4 rings (SSSR count). The van der Waals surface area contributed by atoms with Gasteiger partial charge in [-0.15, -0.1) is 11.3 Å². The first-order valence-corrected chi connectivity index (χ1v) is 9.05. The number of likely N-dealkylation sites (tertiary alicyclic amines) is 1. The SMILES string of the molecule is O=C(CN1CC(c2nc(-c3cccs3)no2)C1)NC1CCCC1. The van der Waals surface area contributed by atoms with E-state index < -0.39 is 0 Å². The number of aromatic nitrogens is 2. The van der Waals surface area contributed by atoms with Crippen LogP contribution >= 0.6 is 11.3 Å². The van der Waals surface area contributed by atoms with Crippen LogP contribution in [0.5, 0.6) is 0 Å². The smallest absolute Gasteiger partial charge is 0.234 e. The molecule has 1 N–H and O–H groups in total. The standard InChI is InChI=1S/C16H20N4O2S/c21-14(17-12-4-1-2-5-12)10-20-8-11(9-20)16-18-15(19-22-16)13-6-3-7-23-13/h3,6-7,11-12H,1-2,4-5,8-10H2,(H,17,21). The Balaban J connectivity index is 1.25. The summed E-state index contributed by atoms with van der Waals surface area (Å²) in [5, 5.41) is 9.17. The molecule has 6 nitrogen and oxygen atoms in total. The largest absolute Gasteiger partial charge is 0.352 e. The van der Waals surface area contributed by atoms with Crippen LogP contribution in [0.25, 0.3) is 10.7 Å². The third-order valence-electron chi connectivity index (χ3n) is 4.58. The topological polar surface area (TPSA) is 71.3 Å². The predicted octanol–water partition coefficient (Wildman–Crippen LogP) is 2.26. The maximum absolute atomic E-state index is 12.0. The Hall–Kier alpha value is -1.73. The highest BCUT2D eigenvalue weighted by Crippen LogP contribution is 2.28. The van der Waals surface area contributed by atoms with E-state index >= 15 is 0 Å². The fourth-order valence-corrected chi connectivity index (χ4v) is 3.96. The molecule has 1 amide bonds. The first-order chi connectivity index (χ1) is 11.3. The number of thiophene rings is 1. The van der Waals surface area contributed by atoms with Gasteiger partial charge in [0.05, 0.1) is 17.3 Å². The fraction of sp³-hybridized carbons (Fsp3) is 0.562. The van der Waals surface area contributed by atoms with E-state index in [9.17, 15) is 4.79 Å². The summed E-state index contributed by atoms with van der Waals surface area (Å²) >= 11 is 1.60. The van der Waals surface area contributed by atoms with Gasteiger partial charge in [0, 0.05) is 19.1 Å². The molecule has 2 aromatic heterocycles. The van der Waals surface area contributed by atoms with Gasteiger partial charge in [0.2, 0.25) is 17.6 Å². The van der Waals surface area contributed by atoms with Gasteiger partial charge in [0.1, 0.15) is 0 Å². The van der Waals surface area contributed by atoms with Gasteiger partial charge < -0.3 is 9.84 Å². The lowest BCUT2D eigenvalue weighted by atomic mass is 10.0. The molecular weight excluding hydrogens is 312 g/mol. The third-order valence-corrected chi connectivity index (χ3v) is 5.44. The first kappa shape index (κ1) is 14.8. The zero-order valence-corrected chi connectivity index (χ0v) is 13.7. The van der Waals surface area contributed by atoms with Crippen LogP contribution in [0, 0.1) is 0 Å². The van der Waals surface area contributed by atoms with Crippen LogP contribution in [0.4, 0.5) is 0 Å². The van der Waals surface area contributed by atoms with Gasteiger partial charge in [-0.25, -0.2) is 0 Å². The summed E-state index contributed by atoms with van der Waals surface area (Å²) in [5.41, 5.74) is 0. The second-order valence-corrected chi connectivity index (χ2v) is 7.32. The summed E-state index contributed by atoms with van der Waals surface area (Å²) in [6.07, 6.45) is 4.73. The van der Waals surface area contributed by atoms with Crippen molar-refractivity contribution in [3.8, 4) is 10.7 Å². The molecule has 0 aromatic carbocycles. The first-order valence-electron chi connectivity index (χ1n) is 8.17. The van der Waals surface area contributed by atoms with E-state index in [1.54, 1.807) is 11.3 Å². The molecule has 2 aromatic rings. The number of hydrogen-bond acceptors (Lipinski definition) is 6. The second-order valence-electron chi connectivity index (χ2n) is 6.37. The zero-order valence-electron chi connectivity index (χ0n) is 12.9. The molecule has 2 aliphatic rings. The Morgan fingerprint density at radius 1 is 1.39 bits per heavy atom. The van der Waals surface area contributed by atoms with Crippen LogP contribution in [0.1, 0.15) is 37.5 Å². The van der Waals surface area contributed by atoms with Crippen molar-refractivity contribution in [2.75, 3.05) is 19.6 Å². The number of amides is 1. The highest BCUT2D eigenvalue weighted by Gasteiger charge is 2.34. The van der Waals surface area contributed by atoms with Gasteiger partial charge in [-0.3, -0.25) is 9.69 Å². The number of nitrogens with one attached hydrogen (secondary N) is 1. The molecule has 0 radical (unpaired) electrons. The van der Waals surface area contributed by atoms with Crippen LogP contribution < -0.4 is 5.32 Å². The van der Waals surface area contributed by atoms with Crippen molar-refractivity contribution < 1.29 is 9.32 Å². The van der Waals surface area contributed by atoms with Crippen molar-refractivity contribution in [1.82, 2.24) is 20.4 Å². The van der Waals surface area contributed by atoms with E-state index in [4.69, 9.17) is 4.52 Å². The van der Waals surface area contributed by atoms with Crippen molar-refractivity contribution in [1.29, 1.82) is 0 Å². The summed E-state index contributed by atoms with van der Waals surface area (Å²) in [6.45, 7) is 2.09. The van der Waals surface area contributed by atoms with Crippen LogP contribution in [0.3, 0.4) is 0 Å². The minimum absolute atomic E-state index is 0.139. The highest BCUT2D eigenvalue weighted by atomic mass is 32.1. The van der Waals surface area contributed by atoms with E-state index in [1.165, 1.54) is 12.8 Å². The van der Waals surface area contributed by atoms with Crippen LogP contribution in [-0.2, 0) is 4.79 Å². The summed E-state index contributed by atoms with van der Waals surface area (Å²) < 4.78 is 5.37. The molecule has 2 fully saturated rings. The molecule has 3 heterocycles. The highest BCUT2D eigenvalue weighted by molar-refractivity contribution is 7.13. The van der Waals surface area contributed by atoms with Crippen LogP contribution in [0.2, 0.25) is 0 Å². The Morgan fingerprint density at radius 3 is 2.96 bits per heavy atom. The average molecular weight is 332 g/mol. The lowest BCUT2D eigenvalue weighted by Crippen LogP contribution is -2.50. The van der Waals surface area contributed by atoms with Gasteiger partial charge >= 0.3 is 0 Å². The van der Waals surface area contributed by atoms with Gasteiger partial charge in [0.25, 0.3) is 0 Å². The number of hydrogen-bond donors (Lipinski definition) is 1. The van der Waals surface area contributed by atoms with Crippen molar-refractivity contribution in [2.45, 2.75) is 37.6 Å². The second kappa shape index (κ2) is 6.41. The molecule has 122 valence electrons. The fourth-order valence-electron chi connectivity index (χ4n) is 3.31. The average Bonchev–Trinajstić information content (AvgIpc) is 3.22. The predicted molar refractivity (Wildman–Crippen MR) is 87.2 cm³/mol. The Kier molecular flexibility index (Phi) is 4.13. The lowest BCUT2D eigenvalue weighted by molar-refractivity contribution is -0.124. The molecular formula is C16H20N4O2S. The number of nitrogens with zero attached hydrogens (tertiary/aromatic N) is 3. The lowest BCUT2D eigenvalue weighted by Gasteiger charge is -2.36. The van der Waals surface area contributed by atoms with E-state index in [1.807, 2.05) is 17.5 Å². The normalized spacial score (nSPS) is 19.8. The van der Waals surface area contributed by atoms with Crippen molar-refractivity contribution in [2.24, 2.45) is 0 Å². The maximum Gasteiger partial charge on any atom is 0.234 e. The van der Waals surface area contributed by atoms with Crippen LogP contribution in [-0.4, -0.2) is 46.6 Å². The van der Waals surface area contributed by atoms with Gasteiger partial charge in [-0.05, 0) is 24.3 Å². The van der Waals surface area contributed by atoms with E-state index in [-0.39, 0.29) is 11.8 Å². The summed E-state index contributed by atoms with van der Waals surface area (Å²) in [6, 6.07) is 4.35. The third kappa shape index (κ3) is 3.30. The van der Waals surface area contributed by atoms with Crippen molar-refractivity contribution in [3.63, 3.8) is 0 Å². The Morgan fingerprint density at radius 2 is 2.22 bits per heavy atom.